The molecule has 0 spiro atoms. The maximum absolute atomic E-state index is 14.0. The van der Waals surface area contributed by atoms with Crippen molar-refractivity contribution in [2.24, 2.45) is 15.9 Å². The Balaban J connectivity index is 2.08. The largest absolute Gasteiger partial charge is 0.386 e. The highest BCUT2D eigenvalue weighted by Crippen LogP contribution is 2.29. The van der Waals surface area contributed by atoms with E-state index in [1.54, 1.807) is 0 Å². The first-order valence-electron chi connectivity index (χ1n) is 6.55. The van der Waals surface area contributed by atoms with Crippen molar-refractivity contribution in [1.29, 1.82) is 0 Å². The fourth-order valence-corrected chi connectivity index (χ4v) is 2.43. The fourth-order valence-electron chi connectivity index (χ4n) is 2.43. The van der Waals surface area contributed by atoms with E-state index in [0.717, 1.165) is 11.6 Å². The molecule has 2 N–H and O–H groups in total. The summed E-state index contributed by atoms with van der Waals surface area (Å²) in [5.74, 6) is -1.06. The van der Waals surface area contributed by atoms with Gasteiger partial charge in [0.15, 0.2) is 0 Å². The van der Waals surface area contributed by atoms with E-state index >= 15 is 0 Å². The minimum atomic E-state index is -0.648. The Morgan fingerprint density at radius 2 is 1.76 bits per heavy atom. The van der Waals surface area contributed by atoms with Gasteiger partial charge in [0.2, 0.25) is 0 Å². The second kappa shape index (κ2) is 5.44. The van der Waals surface area contributed by atoms with Crippen LogP contribution in [-0.2, 0) is 0 Å². The summed E-state index contributed by atoms with van der Waals surface area (Å²) in [5.41, 5.74) is 7.44. The topological polar surface area (TPSA) is 50.7 Å². The molecule has 0 saturated carbocycles. The van der Waals surface area contributed by atoms with Gasteiger partial charge in [0, 0.05) is 24.0 Å². The summed E-state index contributed by atoms with van der Waals surface area (Å²) in [6.07, 6.45) is 0.458. The molecule has 21 heavy (non-hydrogen) atoms. The Hall–Kier alpha value is -2.56. The van der Waals surface area contributed by atoms with Crippen LogP contribution in [0.2, 0.25) is 0 Å². The lowest BCUT2D eigenvalue weighted by Gasteiger charge is -2.22. The number of nitrogens with two attached hydrogens (primary N) is 1. The van der Waals surface area contributed by atoms with Crippen LogP contribution < -0.4 is 5.73 Å². The Labute approximate surface area is 120 Å². The van der Waals surface area contributed by atoms with Crippen molar-refractivity contribution >= 4 is 11.5 Å². The maximum Gasteiger partial charge on any atom is 0.135 e. The van der Waals surface area contributed by atoms with Crippen LogP contribution in [0.4, 0.5) is 8.78 Å². The van der Waals surface area contributed by atoms with E-state index in [4.69, 9.17) is 5.73 Å². The molecule has 106 valence electrons. The molecule has 0 amide bonds. The molecule has 0 bridgehead atoms. The summed E-state index contributed by atoms with van der Waals surface area (Å²) in [6.45, 7) is 0. The highest BCUT2D eigenvalue weighted by atomic mass is 19.1. The van der Waals surface area contributed by atoms with Gasteiger partial charge < -0.3 is 5.73 Å². The Morgan fingerprint density at radius 3 is 2.48 bits per heavy atom. The first-order valence-corrected chi connectivity index (χ1v) is 6.55. The zero-order valence-corrected chi connectivity index (χ0v) is 11.1. The molecule has 0 saturated heterocycles. The second-order valence-corrected chi connectivity index (χ2v) is 4.87. The van der Waals surface area contributed by atoms with Gasteiger partial charge in [0.05, 0.1) is 5.71 Å². The third kappa shape index (κ3) is 2.67. The zero-order chi connectivity index (χ0) is 14.8. The summed E-state index contributed by atoms with van der Waals surface area (Å²) >= 11 is 0. The molecule has 1 unspecified atom stereocenters. The van der Waals surface area contributed by atoms with Crippen molar-refractivity contribution in [1.82, 2.24) is 0 Å². The van der Waals surface area contributed by atoms with Gasteiger partial charge in [-0.15, -0.1) is 5.10 Å². The van der Waals surface area contributed by atoms with Gasteiger partial charge in [-0.2, -0.15) is 5.10 Å². The molecular weight excluding hydrogens is 272 g/mol. The smallest absolute Gasteiger partial charge is 0.135 e. The Morgan fingerprint density at radius 1 is 1.00 bits per heavy atom. The van der Waals surface area contributed by atoms with Gasteiger partial charge >= 0.3 is 0 Å². The summed E-state index contributed by atoms with van der Waals surface area (Å²) in [5, 5.41) is 7.90. The molecule has 1 atom stereocenters. The average molecular weight is 285 g/mol. The molecule has 3 rings (SSSR count). The van der Waals surface area contributed by atoms with Gasteiger partial charge in [-0.3, -0.25) is 0 Å². The summed E-state index contributed by atoms with van der Waals surface area (Å²) in [4.78, 5) is 0. The summed E-state index contributed by atoms with van der Waals surface area (Å²) < 4.78 is 27.1. The predicted molar refractivity (Wildman–Crippen MR) is 78.3 cm³/mol. The van der Waals surface area contributed by atoms with Crippen LogP contribution in [0.5, 0.6) is 0 Å². The second-order valence-electron chi connectivity index (χ2n) is 4.87. The first-order chi connectivity index (χ1) is 10.1. The molecule has 0 fully saturated rings. The number of benzene rings is 2. The zero-order valence-electron chi connectivity index (χ0n) is 11.1. The minimum absolute atomic E-state index is 0.191. The molecular formula is C16H13F2N3. The van der Waals surface area contributed by atoms with Gasteiger partial charge in [-0.05, 0) is 17.7 Å². The van der Waals surface area contributed by atoms with Crippen molar-refractivity contribution in [3.8, 4) is 0 Å². The lowest BCUT2D eigenvalue weighted by Crippen LogP contribution is -2.26. The van der Waals surface area contributed by atoms with Crippen molar-refractivity contribution in [3.63, 3.8) is 0 Å². The summed E-state index contributed by atoms with van der Waals surface area (Å²) in [7, 11) is 0. The molecule has 0 aromatic heterocycles. The number of nitrogens with zero attached hydrogens (tertiary/aromatic N) is 2. The molecule has 3 nitrogen and oxygen atoms in total. The quantitative estimate of drug-likeness (QED) is 0.905. The van der Waals surface area contributed by atoms with E-state index in [-0.39, 0.29) is 11.5 Å². The average Bonchev–Trinajstić information content (AvgIpc) is 2.49. The van der Waals surface area contributed by atoms with Crippen LogP contribution in [0, 0.1) is 11.6 Å². The molecule has 1 aliphatic heterocycles. The first kappa shape index (κ1) is 13.4. The van der Waals surface area contributed by atoms with Gasteiger partial charge in [0.25, 0.3) is 0 Å². The summed E-state index contributed by atoms with van der Waals surface area (Å²) in [6, 6.07) is 13.0. The van der Waals surface area contributed by atoms with Gasteiger partial charge in [0.1, 0.15) is 17.5 Å². The fraction of sp³-hybridized carbons (Fsp3) is 0.125. The van der Waals surface area contributed by atoms with Crippen molar-refractivity contribution in [3.05, 3.63) is 71.3 Å². The Bertz CT molecular complexity index is 724. The van der Waals surface area contributed by atoms with Crippen molar-refractivity contribution < 1.29 is 8.78 Å². The predicted octanol–water partition coefficient (Wildman–Crippen LogP) is 3.21. The normalized spacial score (nSPS) is 18.1. The van der Waals surface area contributed by atoms with Crippen LogP contribution in [0.15, 0.2) is 58.7 Å². The van der Waals surface area contributed by atoms with E-state index in [9.17, 15) is 8.78 Å². The van der Waals surface area contributed by atoms with E-state index in [1.165, 1.54) is 12.1 Å². The van der Waals surface area contributed by atoms with Crippen molar-refractivity contribution in [2.45, 2.75) is 12.3 Å². The SMILES string of the molecule is NC1=NN=C(c2ccc(F)cc2F)C(c2ccccc2)C1. The molecule has 1 aliphatic rings. The van der Waals surface area contributed by atoms with Crippen LogP contribution in [0.3, 0.4) is 0 Å². The molecule has 1 heterocycles. The van der Waals surface area contributed by atoms with E-state index in [1.807, 2.05) is 30.3 Å². The monoisotopic (exact) mass is 285 g/mol. The number of rotatable bonds is 2. The van der Waals surface area contributed by atoms with Crippen LogP contribution in [0.25, 0.3) is 0 Å². The molecule has 0 aliphatic carbocycles. The maximum atomic E-state index is 14.0. The van der Waals surface area contributed by atoms with Crippen LogP contribution in [0.1, 0.15) is 23.5 Å². The molecule has 2 aromatic rings. The lowest BCUT2D eigenvalue weighted by atomic mass is 9.86. The van der Waals surface area contributed by atoms with E-state index < -0.39 is 11.6 Å². The molecule has 5 heteroatoms. The lowest BCUT2D eigenvalue weighted by molar-refractivity contribution is 0.581. The van der Waals surface area contributed by atoms with E-state index in [0.29, 0.717) is 18.0 Å². The van der Waals surface area contributed by atoms with Crippen molar-refractivity contribution in [2.75, 3.05) is 0 Å². The van der Waals surface area contributed by atoms with E-state index in [2.05, 4.69) is 10.2 Å². The number of hydrogen-bond acceptors (Lipinski definition) is 3. The van der Waals surface area contributed by atoms with Crippen LogP contribution >= 0.6 is 0 Å². The number of amidine groups is 1. The standard InChI is InChI=1S/C16H13F2N3/c17-11-6-7-12(14(18)8-11)16-13(9-15(19)20-21-16)10-4-2-1-3-5-10/h1-8,13H,9H2,(H2,19,20). The number of hydrogen-bond donors (Lipinski definition) is 1. The minimum Gasteiger partial charge on any atom is -0.386 e. The Kier molecular flexibility index (Phi) is 3.48. The van der Waals surface area contributed by atoms with Gasteiger partial charge in [-0.25, -0.2) is 8.78 Å². The van der Waals surface area contributed by atoms with Crippen LogP contribution in [-0.4, -0.2) is 11.5 Å². The third-order valence-electron chi connectivity index (χ3n) is 3.44. The van der Waals surface area contributed by atoms with Gasteiger partial charge in [-0.1, -0.05) is 30.3 Å². The number of halogens is 2. The highest BCUT2D eigenvalue weighted by Gasteiger charge is 2.26. The third-order valence-corrected chi connectivity index (χ3v) is 3.44. The highest BCUT2D eigenvalue weighted by molar-refractivity contribution is 6.08. The molecule has 0 radical (unpaired) electrons. The molecule has 2 aromatic carbocycles.